The Kier molecular flexibility index (Phi) is 4.16. The highest BCUT2D eigenvalue weighted by Crippen LogP contribution is 2.16. The Bertz CT molecular complexity index is 596. The molecule has 0 aliphatic rings. The summed E-state index contributed by atoms with van der Waals surface area (Å²) in [6.45, 7) is 6.12. The van der Waals surface area contributed by atoms with E-state index >= 15 is 0 Å². The minimum atomic E-state index is 0.240. The van der Waals surface area contributed by atoms with Gasteiger partial charge in [0.25, 0.3) is 0 Å². The van der Waals surface area contributed by atoms with Gasteiger partial charge in [-0.05, 0) is 49.9 Å². The Morgan fingerprint density at radius 3 is 2.42 bits per heavy atom. The second kappa shape index (κ2) is 5.83. The molecule has 0 amide bonds. The second-order valence-electron chi connectivity index (χ2n) is 5.17. The zero-order valence-electron chi connectivity index (χ0n) is 11.9. The molecule has 0 aliphatic carbocycles. The van der Waals surface area contributed by atoms with Crippen molar-refractivity contribution in [1.29, 1.82) is 0 Å². The van der Waals surface area contributed by atoms with Crippen LogP contribution in [-0.4, -0.2) is 5.78 Å². The smallest absolute Gasteiger partial charge is 0.163 e. The van der Waals surface area contributed by atoms with Crippen LogP contribution in [0.1, 0.15) is 39.0 Å². The molecule has 0 N–H and O–H groups in total. The maximum absolute atomic E-state index is 12.3. The number of rotatable bonds is 4. The van der Waals surface area contributed by atoms with Crippen molar-refractivity contribution in [2.75, 3.05) is 0 Å². The highest BCUT2D eigenvalue weighted by atomic mass is 16.1. The lowest BCUT2D eigenvalue weighted by Crippen LogP contribution is -2.04. The van der Waals surface area contributed by atoms with Gasteiger partial charge in [-0.2, -0.15) is 0 Å². The van der Waals surface area contributed by atoms with Gasteiger partial charge in [0.05, 0.1) is 0 Å². The van der Waals surface area contributed by atoms with E-state index in [1.807, 2.05) is 44.2 Å². The third-order valence-corrected chi connectivity index (χ3v) is 3.58. The van der Waals surface area contributed by atoms with Crippen LogP contribution in [-0.2, 0) is 6.42 Å². The van der Waals surface area contributed by atoms with Crippen molar-refractivity contribution < 1.29 is 4.79 Å². The van der Waals surface area contributed by atoms with Gasteiger partial charge in [0.2, 0.25) is 0 Å². The lowest BCUT2D eigenvalue weighted by molar-refractivity contribution is 0.0982. The molecular formula is C18H20O. The van der Waals surface area contributed by atoms with Gasteiger partial charge < -0.3 is 0 Å². The van der Waals surface area contributed by atoms with E-state index < -0.39 is 0 Å². The lowest BCUT2D eigenvalue weighted by atomic mass is 9.96. The SMILES string of the molecule is Cc1ccc(C)c(C(=O)CCc2ccccc2C)c1. The van der Waals surface area contributed by atoms with Crippen LogP contribution in [0.3, 0.4) is 0 Å². The second-order valence-corrected chi connectivity index (χ2v) is 5.17. The van der Waals surface area contributed by atoms with Gasteiger partial charge in [-0.15, -0.1) is 0 Å². The van der Waals surface area contributed by atoms with Gasteiger partial charge in [0.15, 0.2) is 5.78 Å². The standard InChI is InChI=1S/C18H20O/c1-13-8-9-15(3)17(12-13)18(19)11-10-16-7-5-4-6-14(16)2/h4-9,12H,10-11H2,1-3H3. The molecule has 98 valence electrons. The molecule has 0 heterocycles. The van der Waals surface area contributed by atoms with E-state index in [1.165, 1.54) is 11.1 Å². The number of hydrogen-bond acceptors (Lipinski definition) is 1. The summed E-state index contributed by atoms with van der Waals surface area (Å²) in [7, 11) is 0. The fourth-order valence-electron chi connectivity index (χ4n) is 2.31. The Morgan fingerprint density at radius 1 is 0.947 bits per heavy atom. The van der Waals surface area contributed by atoms with Crippen molar-refractivity contribution in [3.8, 4) is 0 Å². The van der Waals surface area contributed by atoms with Gasteiger partial charge in [0.1, 0.15) is 0 Å². The van der Waals surface area contributed by atoms with E-state index in [-0.39, 0.29) is 5.78 Å². The quantitative estimate of drug-likeness (QED) is 0.736. The lowest BCUT2D eigenvalue weighted by Gasteiger charge is -2.08. The molecule has 2 aromatic rings. The Hall–Kier alpha value is -1.89. The fraction of sp³-hybridized carbons (Fsp3) is 0.278. The molecule has 0 aromatic heterocycles. The first-order chi connectivity index (χ1) is 9.08. The maximum atomic E-state index is 12.3. The molecular weight excluding hydrogens is 232 g/mol. The molecule has 2 rings (SSSR count). The van der Waals surface area contributed by atoms with Crippen LogP contribution < -0.4 is 0 Å². The average molecular weight is 252 g/mol. The van der Waals surface area contributed by atoms with Crippen molar-refractivity contribution in [3.63, 3.8) is 0 Å². The first kappa shape index (κ1) is 13.5. The van der Waals surface area contributed by atoms with E-state index in [0.717, 1.165) is 23.1 Å². The summed E-state index contributed by atoms with van der Waals surface area (Å²) in [6.07, 6.45) is 1.40. The molecule has 1 heteroatoms. The van der Waals surface area contributed by atoms with Crippen LogP contribution >= 0.6 is 0 Å². The molecule has 19 heavy (non-hydrogen) atoms. The van der Waals surface area contributed by atoms with E-state index in [4.69, 9.17) is 0 Å². The summed E-state index contributed by atoms with van der Waals surface area (Å²) in [5, 5.41) is 0. The molecule has 0 atom stereocenters. The topological polar surface area (TPSA) is 17.1 Å². The number of carbonyl (C=O) groups excluding carboxylic acids is 1. The van der Waals surface area contributed by atoms with E-state index in [2.05, 4.69) is 19.1 Å². The van der Waals surface area contributed by atoms with Crippen molar-refractivity contribution in [3.05, 3.63) is 70.3 Å². The predicted octanol–water partition coefficient (Wildman–Crippen LogP) is 4.43. The maximum Gasteiger partial charge on any atom is 0.163 e. The molecule has 0 saturated carbocycles. The van der Waals surface area contributed by atoms with Gasteiger partial charge in [-0.3, -0.25) is 4.79 Å². The molecule has 0 fully saturated rings. The molecule has 2 aromatic carbocycles. The highest BCUT2D eigenvalue weighted by Gasteiger charge is 2.10. The van der Waals surface area contributed by atoms with Gasteiger partial charge in [0, 0.05) is 12.0 Å². The van der Waals surface area contributed by atoms with Crippen molar-refractivity contribution in [1.82, 2.24) is 0 Å². The van der Waals surface area contributed by atoms with Gasteiger partial charge in [-0.25, -0.2) is 0 Å². The zero-order valence-corrected chi connectivity index (χ0v) is 11.9. The summed E-state index contributed by atoms with van der Waals surface area (Å²) in [6, 6.07) is 14.3. The van der Waals surface area contributed by atoms with Crippen LogP contribution in [0.15, 0.2) is 42.5 Å². The molecule has 1 nitrogen and oxygen atoms in total. The minimum absolute atomic E-state index is 0.240. The number of aryl methyl sites for hydroxylation is 4. The molecule has 0 spiro atoms. The van der Waals surface area contributed by atoms with E-state index in [0.29, 0.717) is 6.42 Å². The van der Waals surface area contributed by atoms with Crippen molar-refractivity contribution >= 4 is 5.78 Å². The summed E-state index contributed by atoms with van der Waals surface area (Å²) in [4.78, 5) is 12.3. The Morgan fingerprint density at radius 2 is 1.68 bits per heavy atom. The molecule has 0 bridgehead atoms. The largest absolute Gasteiger partial charge is 0.294 e. The summed E-state index contributed by atoms with van der Waals surface area (Å²) in [5.74, 6) is 0.240. The Balaban J connectivity index is 2.10. The first-order valence-corrected chi connectivity index (χ1v) is 6.73. The predicted molar refractivity (Wildman–Crippen MR) is 79.7 cm³/mol. The summed E-state index contributed by atoms with van der Waals surface area (Å²) >= 11 is 0. The number of ketones is 1. The normalized spacial score (nSPS) is 10.5. The van der Waals surface area contributed by atoms with Crippen LogP contribution in [0, 0.1) is 20.8 Å². The molecule has 0 radical (unpaired) electrons. The van der Waals surface area contributed by atoms with Crippen molar-refractivity contribution in [2.45, 2.75) is 33.6 Å². The van der Waals surface area contributed by atoms with Crippen LogP contribution in [0.2, 0.25) is 0 Å². The number of benzene rings is 2. The number of Topliss-reactive ketones (excluding diaryl/α,β-unsaturated/α-hetero) is 1. The highest BCUT2D eigenvalue weighted by molar-refractivity contribution is 5.97. The monoisotopic (exact) mass is 252 g/mol. The van der Waals surface area contributed by atoms with Crippen LogP contribution in [0.25, 0.3) is 0 Å². The minimum Gasteiger partial charge on any atom is -0.294 e. The van der Waals surface area contributed by atoms with E-state index in [9.17, 15) is 4.79 Å². The zero-order chi connectivity index (χ0) is 13.8. The molecule has 0 saturated heterocycles. The third-order valence-electron chi connectivity index (χ3n) is 3.58. The summed E-state index contributed by atoms with van der Waals surface area (Å²) < 4.78 is 0. The molecule has 0 aliphatic heterocycles. The van der Waals surface area contributed by atoms with Gasteiger partial charge >= 0.3 is 0 Å². The number of hydrogen-bond donors (Lipinski definition) is 0. The summed E-state index contributed by atoms with van der Waals surface area (Å²) in [5.41, 5.74) is 5.61. The van der Waals surface area contributed by atoms with Crippen molar-refractivity contribution in [2.24, 2.45) is 0 Å². The van der Waals surface area contributed by atoms with E-state index in [1.54, 1.807) is 0 Å². The first-order valence-electron chi connectivity index (χ1n) is 6.73. The van der Waals surface area contributed by atoms with Crippen LogP contribution in [0.5, 0.6) is 0 Å². The number of carbonyl (C=O) groups is 1. The Labute approximate surface area is 115 Å². The fourth-order valence-corrected chi connectivity index (χ4v) is 2.31. The average Bonchev–Trinajstić information content (AvgIpc) is 2.40. The third kappa shape index (κ3) is 3.31. The van der Waals surface area contributed by atoms with Crippen LogP contribution in [0.4, 0.5) is 0 Å². The molecule has 0 unspecified atom stereocenters. The van der Waals surface area contributed by atoms with Gasteiger partial charge in [-0.1, -0.05) is 42.0 Å².